The van der Waals surface area contributed by atoms with Gasteiger partial charge in [0.1, 0.15) is 18.1 Å². The molecule has 2 aromatic carbocycles. The summed E-state index contributed by atoms with van der Waals surface area (Å²) >= 11 is 0. The number of carbonyl (C=O) groups excluding carboxylic acids is 2. The Kier molecular flexibility index (Phi) is 8.98. The zero-order chi connectivity index (χ0) is 21.1. The Hall–Kier alpha value is -3.06. The Bertz CT molecular complexity index is 790. The molecular formula is C22H28N2O5. The highest BCUT2D eigenvalue weighted by atomic mass is 16.5. The van der Waals surface area contributed by atoms with Crippen molar-refractivity contribution in [2.45, 2.75) is 26.7 Å². The molecule has 0 atom stereocenters. The Morgan fingerprint density at radius 2 is 1.69 bits per heavy atom. The number of amides is 2. The van der Waals surface area contributed by atoms with Gasteiger partial charge in [-0.2, -0.15) is 0 Å². The predicted octanol–water partition coefficient (Wildman–Crippen LogP) is 3.07. The van der Waals surface area contributed by atoms with Crippen molar-refractivity contribution >= 4 is 11.8 Å². The van der Waals surface area contributed by atoms with Crippen molar-refractivity contribution in [3.05, 3.63) is 59.7 Å². The first-order chi connectivity index (χ1) is 14.0. The van der Waals surface area contributed by atoms with Crippen LogP contribution in [0.3, 0.4) is 0 Å². The van der Waals surface area contributed by atoms with Crippen LogP contribution in [0.5, 0.6) is 11.5 Å². The van der Waals surface area contributed by atoms with Crippen LogP contribution in [0.2, 0.25) is 0 Å². The summed E-state index contributed by atoms with van der Waals surface area (Å²) in [4.78, 5) is 24.1. The summed E-state index contributed by atoms with van der Waals surface area (Å²) in [5, 5.41) is 0. The summed E-state index contributed by atoms with van der Waals surface area (Å²) in [7, 11) is 0. The molecule has 7 heteroatoms. The van der Waals surface area contributed by atoms with Crippen LogP contribution in [0, 0.1) is 0 Å². The molecule has 156 valence electrons. The fourth-order valence-electron chi connectivity index (χ4n) is 2.42. The second kappa shape index (κ2) is 11.7. The summed E-state index contributed by atoms with van der Waals surface area (Å²) in [6.07, 6.45) is 0. The third kappa shape index (κ3) is 7.83. The molecule has 7 nitrogen and oxygen atoms in total. The van der Waals surface area contributed by atoms with Gasteiger partial charge in [0.25, 0.3) is 11.8 Å². The lowest BCUT2D eigenvalue weighted by Crippen LogP contribution is -2.43. The maximum Gasteiger partial charge on any atom is 0.276 e. The second-order valence-electron chi connectivity index (χ2n) is 6.59. The van der Waals surface area contributed by atoms with E-state index in [4.69, 9.17) is 14.2 Å². The zero-order valence-electron chi connectivity index (χ0n) is 17.1. The minimum absolute atomic E-state index is 0.206. The van der Waals surface area contributed by atoms with Crippen molar-refractivity contribution in [1.29, 1.82) is 0 Å². The third-order valence-electron chi connectivity index (χ3n) is 4.03. The number of hydrogen-bond donors (Lipinski definition) is 2. The van der Waals surface area contributed by atoms with Crippen LogP contribution in [0.15, 0.2) is 48.5 Å². The summed E-state index contributed by atoms with van der Waals surface area (Å²) in [5.74, 6) is 0.658. The van der Waals surface area contributed by atoms with Crippen LogP contribution in [0.4, 0.5) is 0 Å². The Morgan fingerprint density at radius 1 is 0.931 bits per heavy atom. The molecule has 0 saturated carbocycles. The van der Waals surface area contributed by atoms with E-state index in [1.54, 1.807) is 24.3 Å². The van der Waals surface area contributed by atoms with Gasteiger partial charge in [0.05, 0.1) is 6.61 Å². The SMILES string of the molecule is CCOCCOc1cccc(C(=O)NNC(=O)COc2ccc(C(C)C)cc2)c1. The van der Waals surface area contributed by atoms with Gasteiger partial charge < -0.3 is 14.2 Å². The molecule has 2 aromatic rings. The summed E-state index contributed by atoms with van der Waals surface area (Å²) in [5.41, 5.74) is 6.26. The van der Waals surface area contributed by atoms with Crippen molar-refractivity contribution < 1.29 is 23.8 Å². The van der Waals surface area contributed by atoms with E-state index in [2.05, 4.69) is 24.7 Å². The van der Waals surface area contributed by atoms with E-state index in [-0.39, 0.29) is 6.61 Å². The average Bonchev–Trinajstić information content (AvgIpc) is 2.74. The highest BCUT2D eigenvalue weighted by Gasteiger charge is 2.09. The topological polar surface area (TPSA) is 85.9 Å². The quantitative estimate of drug-likeness (QED) is 0.473. The van der Waals surface area contributed by atoms with E-state index >= 15 is 0 Å². The van der Waals surface area contributed by atoms with E-state index in [0.29, 0.717) is 42.8 Å². The smallest absolute Gasteiger partial charge is 0.276 e. The van der Waals surface area contributed by atoms with Crippen LogP contribution in [-0.2, 0) is 9.53 Å². The Balaban J connectivity index is 1.75. The number of hydrogen-bond acceptors (Lipinski definition) is 5. The van der Waals surface area contributed by atoms with Crippen LogP contribution in [0.1, 0.15) is 42.6 Å². The van der Waals surface area contributed by atoms with Crippen molar-refractivity contribution in [3.63, 3.8) is 0 Å². The van der Waals surface area contributed by atoms with E-state index in [0.717, 1.165) is 0 Å². The molecule has 0 heterocycles. The van der Waals surface area contributed by atoms with Gasteiger partial charge in [-0.25, -0.2) is 0 Å². The fraction of sp³-hybridized carbons (Fsp3) is 0.364. The molecule has 0 fully saturated rings. The number of carbonyl (C=O) groups is 2. The highest BCUT2D eigenvalue weighted by Crippen LogP contribution is 2.18. The van der Waals surface area contributed by atoms with Crippen LogP contribution < -0.4 is 20.3 Å². The van der Waals surface area contributed by atoms with Crippen molar-refractivity contribution in [3.8, 4) is 11.5 Å². The standard InChI is InChI=1S/C22H28N2O5/c1-4-27-12-13-28-20-7-5-6-18(14-20)22(26)24-23-21(25)15-29-19-10-8-17(9-11-19)16(2)3/h5-11,14,16H,4,12-13,15H2,1-3H3,(H,23,25)(H,24,26). The minimum atomic E-state index is -0.463. The number of hydrazine groups is 1. The van der Waals surface area contributed by atoms with E-state index in [9.17, 15) is 9.59 Å². The van der Waals surface area contributed by atoms with Crippen LogP contribution >= 0.6 is 0 Å². The van der Waals surface area contributed by atoms with E-state index in [1.807, 2.05) is 31.2 Å². The van der Waals surface area contributed by atoms with Gasteiger partial charge in [-0.15, -0.1) is 0 Å². The van der Waals surface area contributed by atoms with Crippen molar-refractivity contribution in [1.82, 2.24) is 10.9 Å². The largest absolute Gasteiger partial charge is 0.491 e. The summed E-state index contributed by atoms with van der Waals surface area (Å²) in [6.45, 7) is 7.41. The number of benzene rings is 2. The van der Waals surface area contributed by atoms with Crippen LogP contribution in [0.25, 0.3) is 0 Å². The molecule has 0 aliphatic carbocycles. The van der Waals surface area contributed by atoms with E-state index < -0.39 is 11.8 Å². The van der Waals surface area contributed by atoms with Gasteiger partial charge in [0, 0.05) is 12.2 Å². The maximum absolute atomic E-state index is 12.2. The zero-order valence-corrected chi connectivity index (χ0v) is 17.1. The lowest BCUT2D eigenvalue weighted by molar-refractivity contribution is -0.123. The number of ether oxygens (including phenoxy) is 3. The molecule has 0 spiro atoms. The van der Waals surface area contributed by atoms with Gasteiger partial charge in [-0.05, 0) is 48.7 Å². The van der Waals surface area contributed by atoms with Gasteiger partial charge in [0.15, 0.2) is 6.61 Å². The molecule has 2 amide bonds. The molecule has 2 rings (SSSR count). The molecule has 0 unspecified atom stereocenters. The maximum atomic E-state index is 12.2. The number of rotatable bonds is 10. The van der Waals surface area contributed by atoms with Crippen LogP contribution in [-0.4, -0.2) is 38.2 Å². The van der Waals surface area contributed by atoms with E-state index in [1.165, 1.54) is 5.56 Å². The molecule has 0 saturated heterocycles. The monoisotopic (exact) mass is 400 g/mol. The average molecular weight is 400 g/mol. The lowest BCUT2D eigenvalue weighted by Gasteiger charge is -2.11. The minimum Gasteiger partial charge on any atom is -0.491 e. The molecular weight excluding hydrogens is 372 g/mol. The van der Waals surface area contributed by atoms with Gasteiger partial charge in [0.2, 0.25) is 0 Å². The van der Waals surface area contributed by atoms with Gasteiger partial charge in [-0.1, -0.05) is 32.0 Å². The molecule has 29 heavy (non-hydrogen) atoms. The molecule has 0 aliphatic rings. The van der Waals surface area contributed by atoms with Gasteiger partial charge >= 0.3 is 0 Å². The normalized spacial score (nSPS) is 10.5. The molecule has 0 aliphatic heterocycles. The van der Waals surface area contributed by atoms with Crippen molar-refractivity contribution in [2.24, 2.45) is 0 Å². The number of nitrogens with one attached hydrogen (secondary N) is 2. The molecule has 0 aromatic heterocycles. The summed E-state index contributed by atoms with van der Waals surface area (Å²) in [6, 6.07) is 14.2. The fourth-order valence-corrected chi connectivity index (χ4v) is 2.42. The van der Waals surface area contributed by atoms with Crippen molar-refractivity contribution in [2.75, 3.05) is 26.4 Å². The first-order valence-corrected chi connectivity index (χ1v) is 9.62. The first-order valence-electron chi connectivity index (χ1n) is 9.62. The molecule has 2 N–H and O–H groups in total. The second-order valence-corrected chi connectivity index (χ2v) is 6.59. The Morgan fingerprint density at radius 3 is 2.38 bits per heavy atom. The first kappa shape index (κ1) is 22.2. The molecule has 0 bridgehead atoms. The summed E-state index contributed by atoms with van der Waals surface area (Å²) < 4.78 is 16.2. The Labute approximate surface area is 171 Å². The third-order valence-corrected chi connectivity index (χ3v) is 4.03. The molecule has 0 radical (unpaired) electrons. The lowest BCUT2D eigenvalue weighted by atomic mass is 10.0. The highest BCUT2D eigenvalue weighted by molar-refractivity contribution is 5.95. The predicted molar refractivity (Wildman–Crippen MR) is 110 cm³/mol. The van der Waals surface area contributed by atoms with Gasteiger partial charge in [-0.3, -0.25) is 20.4 Å².